The predicted octanol–water partition coefficient (Wildman–Crippen LogP) is 3.07. The number of nitro groups is 1. The average Bonchev–Trinajstić information content (AvgIpc) is 2.19. The van der Waals surface area contributed by atoms with Crippen molar-refractivity contribution >= 4 is 43.3 Å². The Kier molecular flexibility index (Phi) is 3.92. The van der Waals surface area contributed by atoms with Gasteiger partial charge in [-0.2, -0.15) is 4.39 Å². The normalized spacial score (nSPS) is 10.1. The van der Waals surface area contributed by atoms with Gasteiger partial charge < -0.3 is 0 Å². The van der Waals surface area contributed by atoms with Crippen LogP contribution < -0.4 is 0 Å². The van der Waals surface area contributed by atoms with Gasteiger partial charge in [-0.15, -0.1) is 0 Å². The van der Waals surface area contributed by atoms with Gasteiger partial charge in [-0.05, 0) is 28.1 Å². The number of nitrogens with zero attached hydrogens (tertiary/aromatic N) is 1. The zero-order chi connectivity index (χ0) is 11.6. The van der Waals surface area contributed by atoms with Crippen molar-refractivity contribution in [3.8, 4) is 0 Å². The third-order valence-electron chi connectivity index (χ3n) is 1.66. The summed E-state index contributed by atoms with van der Waals surface area (Å²) in [4.78, 5) is 21.0. The molecule has 15 heavy (non-hydrogen) atoms. The van der Waals surface area contributed by atoms with E-state index >= 15 is 0 Å². The van der Waals surface area contributed by atoms with E-state index in [1.165, 1.54) is 6.07 Å². The van der Waals surface area contributed by atoms with Crippen molar-refractivity contribution in [3.63, 3.8) is 0 Å². The summed E-state index contributed by atoms with van der Waals surface area (Å²) in [6, 6.07) is 2.20. The van der Waals surface area contributed by atoms with Gasteiger partial charge in [-0.3, -0.25) is 14.9 Å². The van der Waals surface area contributed by atoms with Crippen molar-refractivity contribution in [2.75, 3.05) is 5.33 Å². The van der Waals surface area contributed by atoms with Crippen LogP contribution in [-0.2, 0) is 0 Å². The van der Waals surface area contributed by atoms with Crippen LogP contribution in [0.5, 0.6) is 0 Å². The molecule has 0 aromatic heterocycles. The number of ketones is 1. The highest BCUT2D eigenvalue weighted by Crippen LogP contribution is 2.30. The third-order valence-corrected chi connectivity index (χ3v) is 2.83. The smallest absolute Gasteiger partial charge is 0.293 e. The molecule has 0 atom stereocenters. The molecule has 0 fully saturated rings. The maximum atomic E-state index is 13.1. The van der Waals surface area contributed by atoms with Crippen LogP contribution in [0.15, 0.2) is 16.6 Å². The number of hydrogen-bond donors (Lipinski definition) is 0. The van der Waals surface area contributed by atoms with Crippen LogP contribution in [0.25, 0.3) is 0 Å². The van der Waals surface area contributed by atoms with Crippen LogP contribution in [0, 0.1) is 15.9 Å². The minimum Gasteiger partial charge on any atom is -0.293 e. The van der Waals surface area contributed by atoms with Gasteiger partial charge in [0.2, 0.25) is 5.82 Å². The second-order valence-corrected chi connectivity index (χ2v) is 3.98. The van der Waals surface area contributed by atoms with E-state index in [0.29, 0.717) is 0 Å². The van der Waals surface area contributed by atoms with E-state index < -0.39 is 22.2 Å². The molecule has 1 aromatic rings. The molecule has 80 valence electrons. The summed E-state index contributed by atoms with van der Waals surface area (Å²) in [5.41, 5.74) is -1.05. The molecule has 0 bridgehead atoms. The van der Waals surface area contributed by atoms with E-state index in [9.17, 15) is 19.3 Å². The summed E-state index contributed by atoms with van der Waals surface area (Å²) in [6.07, 6.45) is 0. The Bertz CT molecular complexity index is 436. The molecule has 0 unspecified atom stereocenters. The fraction of sp³-hybridized carbons (Fsp3) is 0.125. The Morgan fingerprint density at radius 2 is 2.13 bits per heavy atom. The van der Waals surface area contributed by atoms with Crippen LogP contribution >= 0.6 is 31.9 Å². The van der Waals surface area contributed by atoms with Crippen molar-refractivity contribution in [3.05, 3.63) is 38.1 Å². The van der Waals surface area contributed by atoms with Gasteiger partial charge in [0.15, 0.2) is 5.78 Å². The molecule has 0 saturated carbocycles. The number of rotatable bonds is 3. The van der Waals surface area contributed by atoms with Gasteiger partial charge in [0.1, 0.15) is 5.56 Å². The van der Waals surface area contributed by atoms with E-state index in [-0.39, 0.29) is 15.4 Å². The van der Waals surface area contributed by atoms with E-state index in [0.717, 1.165) is 6.07 Å². The lowest BCUT2D eigenvalue weighted by Gasteiger charge is -2.03. The molecule has 0 amide bonds. The van der Waals surface area contributed by atoms with Crippen molar-refractivity contribution < 1.29 is 14.1 Å². The fourth-order valence-electron chi connectivity index (χ4n) is 1.05. The maximum Gasteiger partial charge on any atom is 0.316 e. The lowest BCUT2D eigenvalue weighted by molar-refractivity contribution is -0.387. The third kappa shape index (κ3) is 2.40. The number of benzene rings is 1. The van der Waals surface area contributed by atoms with E-state index in [4.69, 9.17) is 0 Å². The highest BCUT2D eigenvalue weighted by atomic mass is 79.9. The molecule has 0 aliphatic rings. The molecule has 0 spiro atoms. The summed E-state index contributed by atoms with van der Waals surface area (Å²) in [5, 5.41) is 10.5. The topological polar surface area (TPSA) is 60.2 Å². The highest BCUT2D eigenvalue weighted by molar-refractivity contribution is 9.10. The summed E-state index contributed by atoms with van der Waals surface area (Å²) in [7, 11) is 0. The van der Waals surface area contributed by atoms with Crippen LogP contribution in [0.2, 0.25) is 0 Å². The Hall–Kier alpha value is -0.820. The molecular formula is C8H4Br2FNO3. The quantitative estimate of drug-likeness (QED) is 0.367. The first-order chi connectivity index (χ1) is 6.99. The number of halogens is 3. The molecule has 0 aliphatic heterocycles. The van der Waals surface area contributed by atoms with E-state index in [2.05, 4.69) is 31.9 Å². The average molecular weight is 341 g/mol. The fourth-order valence-corrected chi connectivity index (χ4v) is 1.87. The predicted molar refractivity (Wildman–Crippen MR) is 58.9 cm³/mol. The van der Waals surface area contributed by atoms with Gasteiger partial charge in [0, 0.05) is 4.47 Å². The molecule has 0 heterocycles. The molecule has 0 radical (unpaired) electrons. The number of carbonyl (C=O) groups is 1. The summed E-state index contributed by atoms with van der Waals surface area (Å²) >= 11 is 5.86. The monoisotopic (exact) mass is 339 g/mol. The molecule has 0 aliphatic carbocycles. The van der Waals surface area contributed by atoms with Crippen LogP contribution in [0.1, 0.15) is 10.4 Å². The van der Waals surface area contributed by atoms with Crippen LogP contribution in [0.3, 0.4) is 0 Å². The molecule has 1 rings (SSSR count). The second-order valence-electron chi connectivity index (χ2n) is 2.57. The number of nitro benzene ring substituents is 1. The Labute approximate surface area is 101 Å². The van der Waals surface area contributed by atoms with Crippen LogP contribution in [0.4, 0.5) is 10.1 Å². The summed E-state index contributed by atoms with van der Waals surface area (Å²) in [5.74, 6) is -1.57. The largest absolute Gasteiger partial charge is 0.316 e. The Balaban J connectivity index is 3.52. The maximum absolute atomic E-state index is 13.1. The van der Waals surface area contributed by atoms with Crippen molar-refractivity contribution in [1.29, 1.82) is 0 Å². The van der Waals surface area contributed by atoms with Gasteiger partial charge in [0.05, 0.1) is 10.3 Å². The number of alkyl halides is 1. The standard InChI is InChI=1S/C8H4Br2FNO3/c9-3-6(13)7-4(10)1-2-5(11)8(7)12(14)15/h1-2H,3H2. The zero-order valence-electron chi connectivity index (χ0n) is 7.17. The first-order valence-electron chi connectivity index (χ1n) is 3.70. The minimum atomic E-state index is -1.02. The number of Topliss-reactive ketones (excluding diaryl/α,β-unsaturated/α-hetero) is 1. The molecule has 0 N–H and O–H groups in total. The highest BCUT2D eigenvalue weighted by Gasteiger charge is 2.26. The lowest BCUT2D eigenvalue weighted by Crippen LogP contribution is -2.07. The molecule has 7 heteroatoms. The molecule has 0 saturated heterocycles. The Morgan fingerprint density at radius 3 is 2.60 bits per heavy atom. The zero-order valence-corrected chi connectivity index (χ0v) is 10.3. The van der Waals surface area contributed by atoms with Crippen molar-refractivity contribution in [1.82, 2.24) is 0 Å². The van der Waals surface area contributed by atoms with E-state index in [1.807, 2.05) is 0 Å². The summed E-state index contributed by atoms with van der Waals surface area (Å²) < 4.78 is 13.4. The SMILES string of the molecule is O=C(CBr)c1c(Br)ccc(F)c1[N+](=O)[O-]. The van der Waals surface area contributed by atoms with Gasteiger partial charge in [0.25, 0.3) is 0 Å². The minimum absolute atomic E-state index is 0.101. The summed E-state index contributed by atoms with van der Waals surface area (Å²) in [6.45, 7) is 0. The molecular weight excluding hydrogens is 337 g/mol. The van der Waals surface area contributed by atoms with Gasteiger partial charge >= 0.3 is 5.69 Å². The van der Waals surface area contributed by atoms with E-state index in [1.54, 1.807) is 0 Å². The van der Waals surface area contributed by atoms with Crippen molar-refractivity contribution in [2.24, 2.45) is 0 Å². The first kappa shape index (κ1) is 12.3. The lowest BCUT2D eigenvalue weighted by atomic mass is 10.1. The Morgan fingerprint density at radius 1 is 1.53 bits per heavy atom. The van der Waals surface area contributed by atoms with Crippen LogP contribution in [-0.4, -0.2) is 16.0 Å². The number of hydrogen-bond acceptors (Lipinski definition) is 3. The van der Waals surface area contributed by atoms with Gasteiger partial charge in [-0.1, -0.05) is 15.9 Å². The number of carbonyl (C=O) groups excluding carboxylic acids is 1. The molecule has 4 nitrogen and oxygen atoms in total. The van der Waals surface area contributed by atoms with Crippen molar-refractivity contribution in [2.45, 2.75) is 0 Å². The molecule has 1 aromatic carbocycles. The van der Waals surface area contributed by atoms with Gasteiger partial charge in [-0.25, -0.2) is 0 Å². The second kappa shape index (κ2) is 4.80. The first-order valence-corrected chi connectivity index (χ1v) is 5.62.